The fourth-order valence-electron chi connectivity index (χ4n) is 1.31. The van der Waals surface area contributed by atoms with Gasteiger partial charge < -0.3 is 10.4 Å². The molecule has 0 bridgehead atoms. The lowest BCUT2D eigenvalue weighted by Crippen LogP contribution is -2.41. The summed E-state index contributed by atoms with van der Waals surface area (Å²) in [6.07, 6.45) is 0. The summed E-state index contributed by atoms with van der Waals surface area (Å²) in [5, 5.41) is 13.2. The molecule has 0 amide bonds. The Balaban J connectivity index is 2.49. The normalized spacial score (nSPS) is 15.0. The van der Waals surface area contributed by atoms with Crippen molar-refractivity contribution >= 4 is 11.6 Å². The molecule has 0 fully saturated rings. The van der Waals surface area contributed by atoms with Gasteiger partial charge in [0.05, 0.1) is 10.6 Å². The van der Waals surface area contributed by atoms with Crippen molar-refractivity contribution in [3.63, 3.8) is 0 Å². The van der Waals surface area contributed by atoms with Crippen molar-refractivity contribution in [2.45, 2.75) is 32.9 Å². The summed E-state index contributed by atoms with van der Waals surface area (Å²) >= 11 is 5.59. The molecule has 1 aromatic carbocycles. The lowest BCUT2D eigenvalue weighted by atomic mass is 9.92. The van der Waals surface area contributed by atoms with Crippen LogP contribution in [0.4, 0.5) is 4.39 Å². The topological polar surface area (TPSA) is 32.3 Å². The highest BCUT2D eigenvalue weighted by Gasteiger charge is 2.23. The molecule has 17 heavy (non-hydrogen) atoms. The minimum absolute atomic E-state index is 0.128. The molecule has 2 N–H and O–H groups in total. The summed E-state index contributed by atoms with van der Waals surface area (Å²) in [5.74, 6) is -0.251. The zero-order chi connectivity index (χ0) is 13.1. The molecule has 0 aliphatic rings. The number of hydrogen-bond donors (Lipinski definition) is 2. The lowest BCUT2D eigenvalue weighted by molar-refractivity contribution is 0.0140. The summed E-state index contributed by atoms with van der Waals surface area (Å²) in [4.78, 5) is 0. The third kappa shape index (κ3) is 4.26. The van der Waals surface area contributed by atoms with E-state index < -0.39 is 11.4 Å². The van der Waals surface area contributed by atoms with Gasteiger partial charge in [0, 0.05) is 13.1 Å². The summed E-state index contributed by atoms with van der Waals surface area (Å²) < 4.78 is 13.2. The van der Waals surface area contributed by atoms with E-state index in [4.69, 9.17) is 11.6 Å². The summed E-state index contributed by atoms with van der Waals surface area (Å²) in [6.45, 7) is 6.69. The minimum atomic E-state index is -0.759. The Kier molecular flexibility index (Phi) is 4.92. The van der Waals surface area contributed by atoms with E-state index in [1.807, 2.05) is 13.8 Å². The first kappa shape index (κ1) is 14.4. The van der Waals surface area contributed by atoms with Gasteiger partial charge in [0.1, 0.15) is 5.82 Å². The van der Waals surface area contributed by atoms with Crippen LogP contribution in [-0.4, -0.2) is 17.3 Å². The molecule has 0 spiro atoms. The molecule has 1 atom stereocenters. The third-order valence-corrected chi connectivity index (χ3v) is 3.35. The Hall–Kier alpha value is -0.640. The zero-order valence-corrected chi connectivity index (χ0v) is 11.2. The fourth-order valence-corrected chi connectivity index (χ4v) is 1.43. The van der Waals surface area contributed by atoms with Crippen LogP contribution in [0.2, 0.25) is 5.02 Å². The number of rotatable bonds is 5. The highest BCUT2D eigenvalue weighted by molar-refractivity contribution is 6.30. The molecular weight excluding hydrogens is 241 g/mol. The van der Waals surface area contributed by atoms with E-state index in [0.717, 1.165) is 5.56 Å². The first-order chi connectivity index (χ1) is 7.83. The van der Waals surface area contributed by atoms with Gasteiger partial charge in [-0.1, -0.05) is 31.5 Å². The standard InChI is InChI=1S/C13H19ClFNO/c1-9(2)13(3,17)8-16-7-10-4-5-11(14)12(15)6-10/h4-6,9,16-17H,7-8H2,1-3H3. The highest BCUT2D eigenvalue weighted by atomic mass is 35.5. The van der Waals surface area contributed by atoms with Crippen LogP contribution in [-0.2, 0) is 6.54 Å². The molecule has 2 nitrogen and oxygen atoms in total. The molecular formula is C13H19ClFNO. The Morgan fingerprint density at radius 2 is 2.12 bits per heavy atom. The average Bonchev–Trinajstić information content (AvgIpc) is 2.23. The number of aliphatic hydroxyl groups is 1. The molecule has 0 aliphatic carbocycles. The fraction of sp³-hybridized carbons (Fsp3) is 0.538. The van der Waals surface area contributed by atoms with Gasteiger partial charge in [0.15, 0.2) is 0 Å². The van der Waals surface area contributed by atoms with Gasteiger partial charge in [-0.25, -0.2) is 4.39 Å². The minimum Gasteiger partial charge on any atom is -0.389 e. The second-order valence-corrected chi connectivity index (χ2v) is 5.27. The van der Waals surface area contributed by atoms with Crippen molar-refractivity contribution < 1.29 is 9.50 Å². The van der Waals surface area contributed by atoms with Crippen molar-refractivity contribution in [1.29, 1.82) is 0 Å². The van der Waals surface area contributed by atoms with Gasteiger partial charge in [-0.05, 0) is 30.5 Å². The second-order valence-electron chi connectivity index (χ2n) is 4.86. The summed E-state index contributed by atoms with van der Waals surface area (Å²) in [5.41, 5.74) is 0.0526. The molecule has 96 valence electrons. The quantitative estimate of drug-likeness (QED) is 0.852. The lowest BCUT2D eigenvalue weighted by Gasteiger charge is -2.28. The average molecular weight is 260 g/mol. The van der Waals surface area contributed by atoms with E-state index in [1.54, 1.807) is 13.0 Å². The number of benzene rings is 1. The van der Waals surface area contributed by atoms with Gasteiger partial charge >= 0.3 is 0 Å². The zero-order valence-electron chi connectivity index (χ0n) is 10.4. The van der Waals surface area contributed by atoms with Crippen LogP contribution in [0.25, 0.3) is 0 Å². The predicted octanol–water partition coefficient (Wildman–Crippen LogP) is 2.98. The van der Waals surface area contributed by atoms with Crippen molar-refractivity contribution in [1.82, 2.24) is 5.32 Å². The second kappa shape index (κ2) is 5.80. The smallest absolute Gasteiger partial charge is 0.142 e. The molecule has 0 saturated carbocycles. The van der Waals surface area contributed by atoms with Crippen molar-refractivity contribution in [3.05, 3.63) is 34.6 Å². The van der Waals surface area contributed by atoms with Gasteiger partial charge in [-0.15, -0.1) is 0 Å². The maximum absolute atomic E-state index is 13.2. The Labute approximate surface area is 107 Å². The van der Waals surface area contributed by atoms with Crippen LogP contribution < -0.4 is 5.32 Å². The van der Waals surface area contributed by atoms with Crippen LogP contribution in [0, 0.1) is 11.7 Å². The molecule has 1 unspecified atom stereocenters. The number of halogens is 2. The van der Waals surface area contributed by atoms with E-state index in [0.29, 0.717) is 13.1 Å². The van der Waals surface area contributed by atoms with Crippen LogP contribution in [0.3, 0.4) is 0 Å². The first-order valence-electron chi connectivity index (χ1n) is 5.70. The van der Waals surface area contributed by atoms with E-state index in [2.05, 4.69) is 5.32 Å². The molecule has 0 aromatic heterocycles. The van der Waals surface area contributed by atoms with Crippen molar-refractivity contribution in [3.8, 4) is 0 Å². The van der Waals surface area contributed by atoms with E-state index >= 15 is 0 Å². The van der Waals surface area contributed by atoms with Crippen molar-refractivity contribution in [2.75, 3.05) is 6.54 Å². The molecule has 1 rings (SSSR count). The van der Waals surface area contributed by atoms with Crippen molar-refractivity contribution in [2.24, 2.45) is 5.92 Å². The van der Waals surface area contributed by atoms with E-state index in [-0.39, 0.29) is 10.9 Å². The number of hydrogen-bond acceptors (Lipinski definition) is 2. The van der Waals surface area contributed by atoms with Crippen LogP contribution in [0.5, 0.6) is 0 Å². The first-order valence-corrected chi connectivity index (χ1v) is 6.08. The maximum atomic E-state index is 13.2. The molecule has 0 aliphatic heterocycles. The van der Waals surface area contributed by atoms with Crippen LogP contribution in [0.15, 0.2) is 18.2 Å². The Bertz CT molecular complexity index is 380. The molecule has 0 heterocycles. The molecule has 4 heteroatoms. The largest absolute Gasteiger partial charge is 0.389 e. The summed E-state index contributed by atoms with van der Waals surface area (Å²) in [6, 6.07) is 4.70. The van der Waals surface area contributed by atoms with Gasteiger partial charge in [-0.3, -0.25) is 0 Å². The Morgan fingerprint density at radius 3 is 2.65 bits per heavy atom. The summed E-state index contributed by atoms with van der Waals surface area (Å²) in [7, 11) is 0. The van der Waals surface area contributed by atoms with Gasteiger partial charge in [-0.2, -0.15) is 0 Å². The van der Waals surface area contributed by atoms with Crippen LogP contribution in [0.1, 0.15) is 26.3 Å². The molecule has 0 saturated heterocycles. The van der Waals surface area contributed by atoms with Crippen LogP contribution >= 0.6 is 11.6 Å². The molecule has 0 radical (unpaired) electrons. The maximum Gasteiger partial charge on any atom is 0.142 e. The highest BCUT2D eigenvalue weighted by Crippen LogP contribution is 2.17. The Morgan fingerprint density at radius 1 is 1.47 bits per heavy atom. The molecule has 1 aromatic rings. The van der Waals surface area contributed by atoms with Gasteiger partial charge in [0.2, 0.25) is 0 Å². The van der Waals surface area contributed by atoms with E-state index in [9.17, 15) is 9.50 Å². The third-order valence-electron chi connectivity index (χ3n) is 3.04. The SMILES string of the molecule is CC(C)C(C)(O)CNCc1ccc(Cl)c(F)c1. The monoisotopic (exact) mass is 259 g/mol. The predicted molar refractivity (Wildman–Crippen MR) is 68.6 cm³/mol. The van der Waals surface area contributed by atoms with E-state index in [1.165, 1.54) is 12.1 Å². The van der Waals surface area contributed by atoms with Gasteiger partial charge in [0.25, 0.3) is 0 Å². The number of nitrogens with one attached hydrogen (secondary N) is 1.